The minimum Gasteiger partial charge on any atom is -0.341 e. The molecule has 2 aromatic rings. The van der Waals surface area contributed by atoms with Gasteiger partial charge in [0.25, 0.3) is 5.91 Å². The zero-order valence-corrected chi connectivity index (χ0v) is 13.9. The lowest BCUT2D eigenvalue weighted by molar-refractivity contribution is -0.119. The number of nitrogens with zero attached hydrogens (tertiary/aromatic N) is 1. The third-order valence-electron chi connectivity index (χ3n) is 3.72. The van der Waals surface area contributed by atoms with Crippen LogP contribution in [0.5, 0.6) is 0 Å². The third kappa shape index (κ3) is 3.59. The summed E-state index contributed by atoms with van der Waals surface area (Å²) in [6.45, 7) is 1.99. The van der Waals surface area contributed by atoms with Crippen molar-refractivity contribution in [2.45, 2.75) is 25.8 Å². The first-order chi connectivity index (χ1) is 10.9. The Morgan fingerprint density at radius 1 is 1.43 bits per heavy atom. The van der Waals surface area contributed by atoms with Crippen LogP contribution < -0.4 is 5.32 Å². The number of hydrogen-bond acceptors (Lipinski definition) is 4. The molecule has 3 rings (SSSR count). The SMILES string of the molecule is C[C@@H]1CC(=O)[C@H](NC(=O)c2cnc(-c3cc(F)cc(Cl)c3)s2)C1. The Morgan fingerprint density at radius 3 is 2.87 bits per heavy atom. The highest BCUT2D eigenvalue weighted by Crippen LogP contribution is 2.29. The lowest BCUT2D eigenvalue weighted by Crippen LogP contribution is -2.37. The van der Waals surface area contributed by atoms with Gasteiger partial charge in [0.15, 0.2) is 5.78 Å². The summed E-state index contributed by atoms with van der Waals surface area (Å²) < 4.78 is 13.4. The van der Waals surface area contributed by atoms with Gasteiger partial charge in [-0.25, -0.2) is 9.37 Å². The van der Waals surface area contributed by atoms with E-state index >= 15 is 0 Å². The number of Topliss-reactive ketones (excluding diaryl/α,β-unsaturated/α-hetero) is 1. The molecule has 0 saturated heterocycles. The fourth-order valence-corrected chi connectivity index (χ4v) is 3.69. The van der Waals surface area contributed by atoms with Crippen LogP contribution in [0, 0.1) is 11.7 Å². The quantitative estimate of drug-likeness (QED) is 0.916. The van der Waals surface area contributed by atoms with Crippen LogP contribution in [0.15, 0.2) is 24.4 Å². The number of hydrogen-bond donors (Lipinski definition) is 1. The number of halogens is 2. The van der Waals surface area contributed by atoms with E-state index in [0.29, 0.717) is 34.2 Å². The number of nitrogens with one attached hydrogen (secondary N) is 1. The summed E-state index contributed by atoms with van der Waals surface area (Å²) in [4.78, 5) is 28.5. The summed E-state index contributed by atoms with van der Waals surface area (Å²) in [6.07, 6.45) is 2.59. The van der Waals surface area contributed by atoms with E-state index in [9.17, 15) is 14.0 Å². The van der Waals surface area contributed by atoms with Crippen molar-refractivity contribution >= 4 is 34.6 Å². The smallest absolute Gasteiger partial charge is 0.263 e. The van der Waals surface area contributed by atoms with Gasteiger partial charge in [0.05, 0.1) is 12.2 Å². The maximum absolute atomic E-state index is 13.4. The topological polar surface area (TPSA) is 59.1 Å². The van der Waals surface area contributed by atoms with E-state index in [1.807, 2.05) is 6.92 Å². The van der Waals surface area contributed by atoms with Crippen LogP contribution in [-0.4, -0.2) is 22.7 Å². The van der Waals surface area contributed by atoms with Crippen molar-refractivity contribution < 1.29 is 14.0 Å². The van der Waals surface area contributed by atoms with Crippen molar-refractivity contribution in [3.05, 3.63) is 40.1 Å². The maximum Gasteiger partial charge on any atom is 0.263 e. The second kappa shape index (κ2) is 6.37. The molecule has 1 heterocycles. The van der Waals surface area contributed by atoms with E-state index in [2.05, 4.69) is 10.3 Å². The van der Waals surface area contributed by atoms with Gasteiger partial charge in [0.1, 0.15) is 15.7 Å². The molecule has 1 aromatic heterocycles. The van der Waals surface area contributed by atoms with Gasteiger partial charge < -0.3 is 5.32 Å². The zero-order chi connectivity index (χ0) is 16.6. The molecule has 1 amide bonds. The van der Waals surface area contributed by atoms with Crippen LogP contribution in [0.25, 0.3) is 10.6 Å². The molecule has 0 bridgehead atoms. The second-order valence-electron chi connectivity index (χ2n) is 5.73. The fourth-order valence-electron chi connectivity index (χ4n) is 2.66. The minimum absolute atomic E-state index is 0.0625. The number of carbonyl (C=O) groups excluding carboxylic acids is 2. The number of ketones is 1. The van der Waals surface area contributed by atoms with Crippen LogP contribution in [0.4, 0.5) is 4.39 Å². The van der Waals surface area contributed by atoms with E-state index in [1.165, 1.54) is 18.3 Å². The second-order valence-corrected chi connectivity index (χ2v) is 7.19. The van der Waals surface area contributed by atoms with Crippen molar-refractivity contribution in [2.75, 3.05) is 0 Å². The molecule has 4 nitrogen and oxygen atoms in total. The molecule has 0 unspecified atom stereocenters. The molecule has 1 aliphatic rings. The lowest BCUT2D eigenvalue weighted by Gasteiger charge is -2.09. The average Bonchev–Trinajstić information content (AvgIpc) is 3.05. The summed E-state index contributed by atoms with van der Waals surface area (Å²) in [6, 6.07) is 3.69. The fraction of sp³-hybridized carbons (Fsp3) is 0.312. The van der Waals surface area contributed by atoms with Crippen LogP contribution >= 0.6 is 22.9 Å². The Labute approximate surface area is 141 Å². The van der Waals surface area contributed by atoms with Crippen molar-refractivity contribution in [3.63, 3.8) is 0 Å². The number of carbonyl (C=O) groups is 2. The summed E-state index contributed by atoms with van der Waals surface area (Å²) >= 11 is 6.97. The summed E-state index contributed by atoms with van der Waals surface area (Å²) in [5.74, 6) is -0.435. The number of thiazole rings is 1. The van der Waals surface area contributed by atoms with Crippen LogP contribution in [0.1, 0.15) is 29.4 Å². The molecule has 0 radical (unpaired) electrons. The molecule has 2 atom stereocenters. The summed E-state index contributed by atoms with van der Waals surface area (Å²) in [5.41, 5.74) is 0.518. The molecule has 1 saturated carbocycles. The average molecular weight is 353 g/mol. The van der Waals surface area contributed by atoms with Crippen LogP contribution in [0.2, 0.25) is 5.02 Å². The highest BCUT2D eigenvalue weighted by molar-refractivity contribution is 7.16. The van der Waals surface area contributed by atoms with E-state index in [-0.39, 0.29) is 16.7 Å². The Morgan fingerprint density at radius 2 is 2.22 bits per heavy atom. The van der Waals surface area contributed by atoms with E-state index in [1.54, 1.807) is 6.07 Å². The molecule has 1 fully saturated rings. The van der Waals surface area contributed by atoms with Gasteiger partial charge in [-0.15, -0.1) is 11.3 Å². The standard InChI is InChI=1S/C16H14ClFN2O2S/c1-8-2-12(13(21)3-8)20-15(22)14-7-19-16(23-14)9-4-10(17)6-11(18)5-9/h4-8,12H,2-3H2,1H3,(H,20,22)/t8-,12+/m0/s1. The summed E-state index contributed by atoms with van der Waals surface area (Å²) in [7, 11) is 0. The Kier molecular flexibility index (Phi) is 4.46. The van der Waals surface area contributed by atoms with Crippen molar-refractivity contribution in [1.29, 1.82) is 0 Å². The van der Waals surface area contributed by atoms with Gasteiger partial charge in [-0.05, 0) is 30.5 Å². The number of benzene rings is 1. The molecule has 1 aromatic carbocycles. The molecule has 0 aliphatic heterocycles. The monoisotopic (exact) mass is 352 g/mol. The lowest BCUT2D eigenvalue weighted by atomic mass is 10.1. The van der Waals surface area contributed by atoms with Crippen LogP contribution in [0.3, 0.4) is 0 Å². The van der Waals surface area contributed by atoms with Gasteiger partial charge >= 0.3 is 0 Å². The van der Waals surface area contributed by atoms with Crippen LogP contribution in [-0.2, 0) is 4.79 Å². The van der Waals surface area contributed by atoms with E-state index in [4.69, 9.17) is 11.6 Å². The van der Waals surface area contributed by atoms with E-state index in [0.717, 1.165) is 11.3 Å². The Hall–Kier alpha value is -1.79. The highest BCUT2D eigenvalue weighted by Gasteiger charge is 2.31. The van der Waals surface area contributed by atoms with Gasteiger partial charge in [-0.3, -0.25) is 9.59 Å². The first-order valence-electron chi connectivity index (χ1n) is 7.18. The van der Waals surface area contributed by atoms with E-state index < -0.39 is 11.9 Å². The molecular formula is C16H14ClFN2O2S. The van der Waals surface area contributed by atoms with Crippen molar-refractivity contribution in [1.82, 2.24) is 10.3 Å². The summed E-state index contributed by atoms with van der Waals surface area (Å²) in [5, 5.41) is 3.52. The molecule has 120 valence electrons. The molecule has 23 heavy (non-hydrogen) atoms. The first-order valence-corrected chi connectivity index (χ1v) is 8.37. The number of amides is 1. The predicted octanol–water partition coefficient (Wildman–Crippen LogP) is 3.70. The molecular weight excluding hydrogens is 339 g/mol. The zero-order valence-electron chi connectivity index (χ0n) is 12.3. The minimum atomic E-state index is -0.459. The van der Waals surface area contributed by atoms with Gasteiger partial charge in [-0.1, -0.05) is 18.5 Å². The first kappa shape index (κ1) is 16.1. The molecule has 7 heteroatoms. The highest BCUT2D eigenvalue weighted by atomic mass is 35.5. The Bertz CT molecular complexity index is 757. The van der Waals surface area contributed by atoms with Gasteiger partial charge in [0, 0.05) is 17.0 Å². The van der Waals surface area contributed by atoms with Gasteiger partial charge in [-0.2, -0.15) is 0 Å². The van der Waals surface area contributed by atoms with Crippen molar-refractivity contribution in [3.8, 4) is 10.6 Å². The third-order valence-corrected chi connectivity index (χ3v) is 4.98. The molecule has 1 aliphatic carbocycles. The molecule has 0 spiro atoms. The van der Waals surface area contributed by atoms with Crippen molar-refractivity contribution in [2.24, 2.45) is 5.92 Å². The predicted molar refractivity (Wildman–Crippen MR) is 87.2 cm³/mol. The molecule has 1 N–H and O–H groups in total. The van der Waals surface area contributed by atoms with Gasteiger partial charge in [0.2, 0.25) is 0 Å². The number of aromatic nitrogens is 1. The maximum atomic E-state index is 13.4. The largest absolute Gasteiger partial charge is 0.341 e. The normalized spacial score (nSPS) is 20.7. The number of rotatable bonds is 3. The Balaban J connectivity index is 1.76.